The maximum absolute atomic E-state index is 12.6. The minimum absolute atomic E-state index is 0.0218. The van der Waals surface area contributed by atoms with Crippen LogP contribution in [-0.4, -0.2) is 36.9 Å². The minimum atomic E-state index is -0.131. The number of anilines is 1. The van der Waals surface area contributed by atoms with E-state index in [2.05, 4.69) is 12.2 Å². The van der Waals surface area contributed by atoms with Gasteiger partial charge in [0.1, 0.15) is 12.4 Å². The zero-order valence-electron chi connectivity index (χ0n) is 15.4. The molecule has 0 aromatic heterocycles. The van der Waals surface area contributed by atoms with Crippen LogP contribution in [0.1, 0.15) is 23.7 Å². The number of halogens is 1. The Bertz CT molecular complexity index is 840. The second-order valence-electron chi connectivity index (χ2n) is 6.90. The van der Waals surface area contributed by atoms with Gasteiger partial charge < -0.3 is 15.0 Å². The van der Waals surface area contributed by atoms with E-state index in [0.717, 1.165) is 6.42 Å². The number of likely N-dealkylation sites (N-methyl/N-ethyl adjacent to an activating group) is 1. The summed E-state index contributed by atoms with van der Waals surface area (Å²) < 4.78 is 5.63. The normalized spacial score (nSPS) is 17.9. The maximum Gasteiger partial charge on any atom is 0.253 e. The minimum Gasteiger partial charge on any atom is -0.490 e. The van der Waals surface area contributed by atoms with E-state index in [4.69, 9.17) is 16.3 Å². The van der Waals surface area contributed by atoms with Crippen LogP contribution in [0.25, 0.3) is 0 Å². The highest BCUT2D eigenvalue weighted by Gasteiger charge is 2.39. The molecule has 1 aliphatic carbocycles. The van der Waals surface area contributed by atoms with E-state index in [1.54, 1.807) is 48.3 Å². The standard InChI is InChI=1S/C21H23ClN2O3/c1-14-12-17(14)20(25)23-16-7-5-6-15(13-16)21(26)24(2)10-11-27-19-9-4-3-8-18(19)22/h3-9,13-14,17H,10-12H2,1-2H3,(H,23,25). The third-order valence-corrected chi connectivity index (χ3v) is 5.00. The van der Waals surface area contributed by atoms with Gasteiger partial charge in [0.2, 0.25) is 5.91 Å². The molecule has 2 atom stereocenters. The Labute approximate surface area is 164 Å². The molecule has 6 heteroatoms. The number of ether oxygens (including phenoxy) is 1. The number of para-hydroxylation sites is 1. The summed E-state index contributed by atoms with van der Waals surface area (Å²) in [5.74, 6) is 1.02. The molecule has 1 N–H and O–H groups in total. The fourth-order valence-corrected chi connectivity index (χ4v) is 3.02. The molecule has 0 radical (unpaired) electrons. The van der Waals surface area contributed by atoms with Gasteiger partial charge in [-0.2, -0.15) is 0 Å². The molecule has 142 valence electrons. The average Bonchev–Trinajstić information content (AvgIpc) is 3.39. The SMILES string of the molecule is CC1CC1C(=O)Nc1cccc(C(=O)N(C)CCOc2ccccc2Cl)c1. The first-order valence-corrected chi connectivity index (χ1v) is 9.37. The average molecular weight is 387 g/mol. The first-order valence-electron chi connectivity index (χ1n) is 8.99. The van der Waals surface area contributed by atoms with E-state index in [9.17, 15) is 9.59 Å². The van der Waals surface area contributed by atoms with Gasteiger partial charge in [-0.15, -0.1) is 0 Å². The molecule has 0 heterocycles. The van der Waals surface area contributed by atoms with E-state index in [1.165, 1.54) is 0 Å². The van der Waals surface area contributed by atoms with E-state index < -0.39 is 0 Å². The van der Waals surface area contributed by atoms with Crippen LogP contribution in [0.2, 0.25) is 5.02 Å². The van der Waals surface area contributed by atoms with Gasteiger partial charge in [0.25, 0.3) is 5.91 Å². The molecular formula is C21H23ClN2O3. The summed E-state index contributed by atoms with van der Waals surface area (Å²) in [6.45, 7) is 2.81. The van der Waals surface area contributed by atoms with Crippen molar-refractivity contribution in [2.45, 2.75) is 13.3 Å². The lowest BCUT2D eigenvalue weighted by molar-refractivity contribution is -0.117. The Morgan fingerprint density at radius 3 is 2.67 bits per heavy atom. The van der Waals surface area contributed by atoms with Crippen LogP contribution < -0.4 is 10.1 Å². The highest BCUT2D eigenvalue weighted by molar-refractivity contribution is 6.32. The van der Waals surface area contributed by atoms with Gasteiger partial charge in [-0.1, -0.05) is 36.7 Å². The molecular weight excluding hydrogens is 364 g/mol. The highest BCUT2D eigenvalue weighted by atomic mass is 35.5. The number of nitrogens with zero attached hydrogens (tertiary/aromatic N) is 1. The summed E-state index contributed by atoms with van der Waals surface area (Å²) in [4.78, 5) is 26.3. The molecule has 2 unspecified atom stereocenters. The molecule has 1 aliphatic rings. The lowest BCUT2D eigenvalue weighted by Gasteiger charge is -2.18. The molecule has 0 bridgehead atoms. The topological polar surface area (TPSA) is 58.6 Å². The van der Waals surface area contributed by atoms with Crippen molar-refractivity contribution < 1.29 is 14.3 Å². The zero-order valence-corrected chi connectivity index (χ0v) is 16.2. The largest absolute Gasteiger partial charge is 0.490 e. The molecule has 5 nitrogen and oxygen atoms in total. The monoisotopic (exact) mass is 386 g/mol. The molecule has 0 saturated heterocycles. The number of hydrogen-bond donors (Lipinski definition) is 1. The van der Waals surface area contributed by atoms with Crippen LogP contribution in [0, 0.1) is 11.8 Å². The number of carbonyl (C=O) groups excluding carboxylic acids is 2. The summed E-state index contributed by atoms with van der Waals surface area (Å²) in [6.07, 6.45) is 0.929. The van der Waals surface area contributed by atoms with Crippen LogP contribution in [0.15, 0.2) is 48.5 Å². The van der Waals surface area contributed by atoms with Crippen LogP contribution in [0.4, 0.5) is 5.69 Å². The Morgan fingerprint density at radius 1 is 1.22 bits per heavy atom. The van der Waals surface area contributed by atoms with Crippen LogP contribution in [-0.2, 0) is 4.79 Å². The Kier molecular flexibility index (Phi) is 6.01. The van der Waals surface area contributed by atoms with Crippen molar-refractivity contribution in [1.29, 1.82) is 0 Å². The molecule has 0 aliphatic heterocycles. The van der Waals surface area contributed by atoms with Crippen LogP contribution in [0.5, 0.6) is 5.75 Å². The van der Waals surface area contributed by atoms with Crippen molar-refractivity contribution in [1.82, 2.24) is 4.90 Å². The van der Waals surface area contributed by atoms with Crippen molar-refractivity contribution in [2.75, 3.05) is 25.5 Å². The van der Waals surface area contributed by atoms with Crippen molar-refractivity contribution in [3.8, 4) is 5.75 Å². The van der Waals surface area contributed by atoms with Gasteiger partial charge in [-0.05, 0) is 42.7 Å². The molecule has 27 heavy (non-hydrogen) atoms. The van der Waals surface area contributed by atoms with E-state index in [1.807, 2.05) is 12.1 Å². The Hall–Kier alpha value is -2.53. The van der Waals surface area contributed by atoms with Gasteiger partial charge in [-0.25, -0.2) is 0 Å². The highest BCUT2D eigenvalue weighted by Crippen LogP contribution is 2.38. The fraction of sp³-hybridized carbons (Fsp3) is 0.333. The lowest BCUT2D eigenvalue weighted by Crippen LogP contribution is -2.31. The number of rotatable bonds is 7. The lowest BCUT2D eigenvalue weighted by atomic mass is 10.1. The van der Waals surface area contributed by atoms with Gasteiger partial charge in [0.05, 0.1) is 11.6 Å². The molecule has 2 aromatic carbocycles. The third-order valence-electron chi connectivity index (χ3n) is 4.69. The first kappa shape index (κ1) is 19.2. The van der Waals surface area contributed by atoms with Crippen molar-refractivity contribution in [3.63, 3.8) is 0 Å². The van der Waals surface area contributed by atoms with Gasteiger partial charge >= 0.3 is 0 Å². The summed E-state index contributed by atoms with van der Waals surface area (Å²) in [5, 5.41) is 3.43. The molecule has 0 spiro atoms. The summed E-state index contributed by atoms with van der Waals surface area (Å²) in [7, 11) is 1.72. The second kappa shape index (κ2) is 8.44. The Balaban J connectivity index is 1.54. The van der Waals surface area contributed by atoms with Crippen molar-refractivity contribution >= 4 is 29.1 Å². The van der Waals surface area contributed by atoms with E-state index in [-0.39, 0.29) is 17.7 Å². The number of nitrogens with one attached hydrogen (secondary N) is 1. The van der Waals surface area contributed by atoms with Crippen molar-refractivity contribution in [2.24, 2.45) is 11.8 Å². The van der Waals surface area contributed by atoms with Gasteiger partial charge in [0, 0.05) is 24.2 Å². The first-order chi connectivity index (χ1) is 13.0. The molecule has 1 fully saturated rings. The van der Waals surface area contributed by atoms with Gasteiger partial charge in [0.15, 0.2) is 0 Å². The van der Waals surface area contributed by atoms with E-state index >= 15 is 0 Å². The molecule has 2 aromatic rings. The zero-order chi connectivity index (χ0) is 19.4. The number of amides is 2. The quantitative estimate of drug-likeness (QED) is 0.779. The summed E-state index contributed by atoms with van der Waals surface area (Å²) in [5.41, 5.74) is 1.17. The fourth-order valence-electron chi connectivity index (χ4n) is 2.83. The number of benzene rings is 2. The molecule has 1 saturated carbocycles. The third kappa shape index (κ3) is 5.01. The molecule has 2 amide bonds. The van der Waals surface area contributed by atoms with E-state index in [0.29, 0.717) is 41.1 Å². The number of carbonyl (C=O) groups is 2. The summed E-state index contributed by atoms with van der Waals surface area (Å²) >= 11 is 6.05. The smallest absolute Gasteiger partial charge is 0.253 e. The number of hydrogen-bond acceptors (Lipinski definition) is 3. The van der Waals surface area contributed by atoms with Crippen LogP contribution >= 0.6 is 11.6 Å². The predicted octanol–water partition coefficient (Wildman–Crippen LogP) is 4.09. The predicted molar refractivity (Wildman–Crippen MR) is 106 cm³/mol. The summed E-state index contributed by atoms with van der Waals surface area (Å²) in [6, 6.07) is 14.2. The maximum atomic E-state index is 12.6. The second-order valence-corrected chi connectivity index (χ2v) is 7.30. The van der Waals surface area contributed by atoms with Crippen molar-refractivity contribution in [3.05, 3.63) is 59.1 Å². The van der Waals surface area contributed by atoms with Gasteiger partial charge in [-0.3, -0.25) is 9.59 Å². The van der Waals surface area contributed by atoms with Crippen LogP contribution in [0.3, 0.4) is 0 Å². The molecule has 3 rings (SSSR count). The Morgan fingerprint density at radius 2 is 1.96 bits per heavy atom.